The van der Waals surface area contributed by atoms with Crippen molar-refractivity contribution in [2.24, 2.45) is 0 Å². The molecule has 25 heavy (non-hydrogen) atoms. The zero-order valence-electron chi connectivity index (χ0n) is 13.7. The highest BCUT2D eigenvalue weighted by Crippen LogP contribution is 2.25. The fourth-order valence-corrected chi connectivity index (χ4v) is 5.22. The highest BCUT2D eigenvalue weighted by Gasteiger charge is 2.31. The summed E-state index contributed by atoms with van der Waals surface area (Å²) in [6.45, 7) is 1.43. The van der Waals surface area contributed by atoms with Crippen molar-refractivity contribution < 1.29 is 13.2 Å². The molecule has 2 aliphatic rings. The monoisotopic (exact) mass is 365 g/mol. The van der Waals surface area contributed by atoms with Gasteiger partial charge in [-0.2, -0.15) is 5.10 Å². The van der Waals surface area contributed by atoms with Gasteiger partial charge in [-0.3, -0.25) is 14.2 Å². The number of amides is 1. The molecule has 0 aliphatic carbocycles. The first kappa shape index (κ1) is 16.2. The van der Waals surface area contributed by atoms with Crippen LogP contribution in [0, 0.1) is 0 Å². The van der Waals surface area contributed by atoms with Crippen LogP contribution in [0.3, 0.4) is 0 Å². The summed E-state index contributed by atoms with van der Waals surface area (Å²) in [5, 5.41) is 4.49. The Morgan fingerprint density at radius 3 is 2.72 bits per heavy atom. The van der Waals surface area contributed by atoms with Gasteiger partial charge >= 0.3 is 0 Å². The smallest absolute Gasteiger partial charge is 0.264 e. The van der Waals surface area contributed by atoms with E-state index in [0.29, 0.717) is 17.5 Å². The van der Waals surface area contributed by atoms with Crippen molar-refractivity contribution in [3.63, 3.8) is 0 Å². The molecule has 10 heteroatoms. The number of nitrogens with zero attached hydrogens (tertiary/aromatic N) is 5. The van der Waals surface area contributed by atoms with Gasteiger partial charge in [-0.1, -0.05) is 0 Å². The number of sulfone groups is 1. The molecular formula is C15H19N5O4S. The number of rotatable bonds is 3. The second-order valence-electron chi connectivity index (χ2n) is 6.65. The van der Waals surface area contributed by atoms with Crippen LogP contribution in [-0.4, -0.2) is 63.2 Å². The third-order valence-electron chi connectivity index (χ3n) is 4.90. The number of carbonyl (C=O) groups is 1. The van der Waals surface area contributed by atoms with Gasteiger partial charge in [0.05, 0.1) is 23.7 Å². The lowest BCUT2D eigenvalue weighted by Crippen LogP contribution is -2.34. The van der Waals surface area contributed by atoms with E-state index in [0.717, 1.165) is 25.9 Å². The third kappa shape index (κ3) is 2.94. The summed E-state index contributed by atoms with van der Waals surface area (Å²) >= 11 is 0. The molecule has 1 atom stereocenters. The first-order valence-corrected chi connectivity index (χ1v) is 10.2. The molecule has 0 spiro atoms. The highest BCUT2D eigenvalue weighted by atomic mass is 32.2. The van der Waals surface area contributed by atoms with Crippen LogP contribution in [0.5, 0.6) is 0 Å². The van der Waals surface area contributed by atoms with Crippen molar-refractivity contribution in [3.05, 3.63) is 22.9 Å². The van der Waals surface area contributed by atoms with E-state index in [1.54, 1.807) is 4.90 Å². The molecule has 0 aromatic carbocycles. The van der Waals surface area contributed by atoms with Gasteiger partial charge in [-0.25, -0.2) is 18.1 Å². The summed E-state index contributed by atoms with van der Waals surface area (Å²) in [5.74, 6) is 0.0533. The minimum absolute atomic E-state index is 0.0159. The molecule has 0 radical (unpaired) electrons. The molecule has 4 heterocycles. The van der Waals surface area contributed by atoms with Gasteiger partial charge in [-0.05, 0) is 19.3 Å². The number of carbonyl (C=O) groups excluding carboxylic acids is 1. The minimum Gasteiger partial charge on any atom is -0.341 e. The summed E-state index contributed by atoms with van der Waals surface area (Å²) in [5.41, 5.74) is 0.0432. The van der Waals surface area contributed by atoms with Crippen LogP contribution in [0.1, 0.15) is 25.3 Å². The molecule has 134 valence electrons. The third-order valence-corrected chi connectivity index (χ3v) is 6.65. The molecule has 2 saturated heterocycles. The Balaban J connectivity index is 1.63. The number of fused-ring (bicyclic) bond motifs is 1. The molecule has 0 bridgehead atoms. The van der Waals surface area contributed by atoms with Gasteiger partial charge in [0.25, 0.3) is 5.56 Å². The Labute approximate surface area is 144 Å². The summed E-state index contributed by atoms with van der Waals surface area (Å²) in [7, 11) is -3.06. The Morgan fingerprint density at radius 1 is 1.28 bits per heavy atom. The Morgan fingerprint density at radius 2 is 2.04 bits per heavy atom. The SMILES string of the molecule is O=C(Cn1cnc2c(cnn2C2CCS(=O)(=O)C2)c1=O)N1CCCC1. The first-order valence-electron chi connectivity index (χ1n) is 8.35. The van der Waals surface area contributed by atoms with Crippen molar-refractivity contribution in [2.75, 3.05) is 24.6 Å². The number of likely N-dealkylation sites (tertiary alicyclic amines) is 1. The maximum absolute atomic E-state index is 12.6. The summed E-state index contributed by atoms with van der Waals surface area (Å²) in [4.78, 5) is 30.9. The van der Waals surface area contributed by atoms with Crippen molar-refractivity contribution in [3.8, 4) is 0 Å². The normalized spacial score (nSPS) is 22.7. The predicted molar refractivity (Wildman–Crippen MR) is 89.9 cm³/mol. The molecule has 2 aromatic rings. The van der Waals surface area contributed by atoms with Gasteiger partial charge in [-0.15, -0.1) is 0 Å². The van der Waals surface area contributed by atoms with Crippen molar-refractivity contribution in [2.45, 2.75) is 31.8 Å². The molecule has 0 saturated carbocycles. The van der Waals surface area contributed by atoms with Crippen LogP contribution in [-0.2, 0) is 21.2 Å². The summed E-state index contributed by atoms with van der Waals surface area (Å²) < 4.78 is 26.2. The maximum Gasteiger partial charge on any atom is 0.264 e. The van der Waals surface area contributed by atoms with E-state index in [1.807, 2.05) is 0 Å². The van der Waals surface area contributed by atoms with Gasteiger partial charge in [0, 0.05) is 13.1 Å². The maximum atomic E-state index is 12.6. The lowest BCUT2D eigenvalue weighted by Gasteiger charge is -2.15. The molecule has 9 nitrogen and oxygen atoms in total. The zero-order valence-corrected chi connectivity index (χ0v) is 14.5. The average molecular weight is 365 g/mol. The predicted octanol–water partition coefficient (Wildman–Crippen LogP) is -0.425. The van der Waals surface area contributed by atoms with Crippen molar-refractivity contribution in [1.29, 1.82) is 0 Å². The molecular weight excluding hydrogens is 346 g/mol. The standard InChI is InChI=1S/C15H19N5O4S/c21-13(18-4-1-2-5-18)8-19-10-16-14-12(15(19)22)7-17-20(14)11-3-6-25(23,24)9-11/h7,10-11H,1-6,8-9H2. The lowest BCUT2D eigenvalue weighted by molar-refractivity contribution is -0.130. The van der Waals surface area contributed by atoms with E-state index in [-0.39, 0.29) is 35.6 Å². The lowest BCUT2D eigenvalue weighted by atomic mass is 10.3. The Hall–Kier alpha value is -2.23. The molecule has 1 unspecified atom stereocenters. The summed E-state index contributed by atoms with van der Waals surface area (Å²) in [6, 6.07) is -0.295. The van der Waals surface area contributed by atoms with E-state index < -0.39 is 9.84 Å². The number of hydrogen-bond donors (Lipinski definition) is 0. The van der Waals surface area contributed by atoms with Crippen LogP contribution >= 0.6 is 0 Å². The molecule has 0 N–H and O–H groups in total. The molecule has 1 amide bonds. The van der Waals surface area contributed by atoms with Crippen LogP contribution in [0.25, 0.3) is 11.0 Å². The number of hydrogen-bond acceptors (Lipinski definition) is 6. The Bertz CT molecular complexity index is 987. The van der Waals surface area contributed by atoms with E-state index in [4.69, 9.17) is 0 Å². The van der Waals surface area contributed by atoms with Crippen molar-refractivity contribution in [1.82, 2.24) is 24.2 Å². The zero-order chi connectivity index (χ0) is 17.6. The quantitative estimate of drug-likeness (QED) is 0.731. The van der Waals surface area contributed by atoms with Crippen LogP contribution in [0.2, 0.25) is 0 Å². The topological polar surface area (TPSA) is 107 Å². The largest absolute Gasteiger partial charge is 0.341 e. The molecule has 4 rings (SSSR count). The summed E-state index contributed by atoms with van der Waals surface area (Å²) in [6.07, 6.45) is 5.22. The first-order chi connectivity index (χ1) is 11.9. The van der Waals surface area contributed by atoms with Gasteiger partial charge in [0.1, 0.15) is 18.3 Å². The second kappa shape index (κ2) is 5.94. The van der Waals surface area contributed by atoms with E-state index in [1.165, 1.54) is 21.8 Å². The van der Waals surface area contributed by atoms with E-state index in [9.17, 15) is 18.0 Å². The second-order valence-corrected chi connectivity index (χ2v) is 8.88. The van der Waals surface area contributed by atoms with Gasteiger partial charge in [0.2, 0.25) is 5.91 Å². The average Bonchev–Trinajstić information content (AvgIpc) is 3.29. The number of aromatic nitrogens is 4. The fraction of sp³-hybridized carbons (Fsp3) is 0.600. The Kier molecular flexibility index (Phi) is 3.86. The van der Waals surface area contributed by atoms with Crippen LogP contribution in [0.4, 0.5) is 0 Å². The highest BCUT2D eigenvalue weighted by molar-refractivity contribution is 7.91. The molecule has 2 fully saturated rings. The van der Waals surface area contributed by atoms with Crippen LogP contribution < -0.4 is 5.56 Å². The van der Waals surface area contributed by atoms with Crippen molar-refractivity contribution >= 4 is 26.8 Å². The minimum atomic E-state index is -3.06. The van der Waals surface area contributed by atoms with Crippen LogP contribution in [0.15, 0.2) is 17.3 Å². The van der Waals surface area contributed by atoms with E-state index in [2.05, 4.69) is 10.1 Å². The van der Waals surface area contributed by atoms with Gasteiger partial charge < -0.3 is 4.90 Å². The molecule has 2 aromatic heterocycles. The van der Waals surface area contributed by atoms with Gasteiger partial charge in [0.15, 0.2) is 15.5 Å². The molecule has 2 aliphatic heterocycles. The fourth-order valence-electron chi connectivity index (χ4n) is 3.53. The van der Waals surface area contributed by atoms with E-state index >= 15 is 0 Å².